The maximum atomic E-state index is 13.9. The Bertz CT molecular complexity index is 755. The largest absolute Gasteiger partial charge is 0.480 e. The number of nitrogens with one attached hydrogen (secondary N) is 1. The molecule has 1 aromatic carbocycles. The average Bonchev–Trinajstić information content (AvgIpc) is 3.20. The van der Waals surface area contributed by atoms with Crippen LogP contribution in [0.25, 0.3) is 0 Å². The molecular formula is C15H15FN4O3. The van der Waals surface area contributed by atoms with E-state index in [2.05, 4.69) is 15.6 Å². The predicted molar refractivity (Wildman–Crippen MR) is 76.8 cm³/mol. The first-order chi connectivity index (χ1) is 11.0. The monoisotopic (exact) mass is 318 g/mol. The maximum Gasteiger partial charge on any atom is 0.325 e. The Morgan fingerprint density at radius 1 is 1.35 bits per heavy atom. The average molecular weight is 318 g/mol. The van der Waals surface area contributed by atoms with Gasteiger partial charge in [-0.25, -0.2) is 9.07 Å². The zero-order chi connectivity index (χ0) is 16.4. The lowest BCUT2D eigenvalue weighted by Gasteiger charge is -2.15. The molecule has 1 aliphatic rings. The molecule has 7 nitrogen and oxygen atoms in total. The summed E-state index contributed by atoms with van der Waals surface area (Å²) in [5.74, 6) is -1.66. The molecule has 3 rings (SSSR count). The van der Waals surface area contributed by atoms with E-state index >= 15 is 0 Å². The van der Waals surface area contributed by atoms with Gasteiger partial charge in [0.2, 0.25) is 5.91 Å². The third-order valence-electron chi connectivity index (χ3n) is 3.89. The van der Waals surface area contributed by atoms with Crippen LogP contribution in [0.4, 0.5) is 4.39 Å². The molecule has 0 unspecified atom stereocenters. The first kappa shape index (κ1) is 15.1. The van der Waals surface area contributed by atoms with Crippen LogP contribution < -0.4 is 5.32 Å². The number of aliphatic carboxylic acids is 1. The number of benzene rings is 1. The van der Waals surface area contributed by atoms with Gasteiger partial charge in [0.15, 0.2) is 0 Å². The van der Waals surface area contributed by atoms with Crippen molar-refractivity contribution in [1.29, 1.82) is 0 Å². The first-order valence-corrected chi connectivity index (χ1v) is 7.15. The van der Waals surface area contributed by atoms with Gasteiger partial charge < -0.3 is 10.4 Å². The van der Waals surface area contributed by atoms with Crippen molar-refractivity contribution in [2.24, 2.45) is 0 Å². The van der Waals surface area contributed by atoms with Gasteiger partial charge in [0.05, 0.1) is 18.2 Å². The van der Waals surface area contributed by atoms with E-state index < -0.39 is 11.4 Å². The number of aromatic nitrogens is 3. The highest BCUT2D eigenvalue weighted by Crippen LogP contribution is 2.49. The lowest BCUT2D eigenvalue weighted by atomic mass is 9.94. The fraction of sp³-hybridized carbons (Fsp3) is 0.333. The second kappa shape index (κ2) is 5.79. The molecule has 0 saturated heterocycles. The number of carbonyl (C=O) groups excluding carboxylic acids is 1. The number of amides is 1. The molecule has 1 aromatic heterocycles. The van der Waals surface area contributed by atoms with E-state index in [1.54, 1.807) is 18.2 Å². The van der Waals surface area contributed by atoms with Crippen LogP contribution in [0.2, 0.25) is 0 Å². The summed E-state index contributed by atoms with van der Waals surface area (Å²) in [5.41, 5.74) is 0.0542. The normalized spacial score (nSPS) is 15.2. The number of halogens is 1. The van der Waals surface area contributed by atoms with E-state index in [9.17, 15) is 14.0 Å². The highest BCUT2D eigenvalue weighted by molar-refractivity contribution is 5.91. The minimum Gasteiger partial charge on any atom is -0.480 e. The van der Waals surface area contributed by atoms with Crippen molar-refractivity contribution in [3.05, 3.63) is 47.5 Å². The third-order valence-corrected chi connectivity index (χ3v) is 3.89. The van der Waals surface area contributed by atoms with Crippen LogP contribution in [0.15, 0.2) is 30.5 Å². The summed E-state index contributed by atoms with van der Waals surface area (Å²) in [4.78, 5) is 23.0. The zero-order valence-electron chi connectivity index (χ0n) is 12.2. The molecule has 1 fully saturated rings. The van der Waals surface area contributed by atoms with Crippen molar-refractivity contribution in [3.8, 4) is 0 Å². The maximum absolute atomic E-state index is 13.9. The van der Waals surface area contributed by atoms with E-state index in [0.717, 1.165) is 0 Å². The van der Waals surface area contributed by atoms with Crippen molar-refractivity contribution in [3.63, 3.8) is 0 Å². The summed E-state index contributed by atoms with van der Waals surface area (Å²) in [6, 6.07) is 6.28. The molecule has 0 atom stereocenters. The Morgan fingerprint density at radius 3 is 2.74 bits per heavy atom. The summed E-state index contributed by atoms with van der Waals surface area (Å²) >= 11 is 0. The van der Waals surface area contributed by atoms with Crippen LogP contribution in [0, 0.1) is 5.82 Å². The molecule has 1 saturated carbocycles. The van der Waals surface area contributed by atoms with Gasteiger partial charge >= 0.3 is 5.97 Å². The standard InChI is InChI=1S/C15H15FN4O3/c16-12-4-2-1-3-11(12)15(5-6-15)14(23)17-7-10-8-20(19-18-10)9-13(21)22/h1-4,8H,5-7,9H2,(H,17,23)(H,21,22). The highest BCUT2D eigenvalue weighted by Gasteiger charge is 2.52. The van der Waals surface area contributed by atoms with E-state index in [4.69, 9.17) is 5.11 Å². The van der Waals surface area contributed by atoms with E-state index in [-0.39, 0.29) is 24.8 Å². The molecule has 2 aromatic rings. The Labute approximate surface area is 131 Å². The van der Waals surface area contributed by atoms with Crippen molar-refractivity contribution >= 4 is 11.9 Å². The zero-order valence-corrected chi connectivity index (χ0v) is 12.2. The second-order valence-electron chi connectivity index (χ2n) is 5.55. The van der Waals surface area contributed by atoms with Crippen molar-refractivity contribution in [2.45, 2.75) is 31.3 Å². The van der Waals surface area contributed by atoms with E-state index in [1.807, 2.05) is 0 Å². The molecule has 0 bridgehead atoms. The van der Waals surface area contributed by atoms with Crippen molar-refractivity contribution in [1.82, 2.24) is 20.3 Å². The van der Waals surface area contributed by atoms with Gasteiger partial charge in [-0.15, -0.1) is 5.10 Å². The molecular weight excluding hydrogens is 303 g/mol. The lowest BCUT2D eigenvalue weighted by molar-refractivity contribution is -0.138. The predicted octanol–water partition coefficient (Wildman–Crippen LogP) is 0.850. The number of nitrogens with zero attached hydrogens (tertiary/aromatic N) is 3. The second-order valence-corrected chi connectivity index (χ2v) is 5.55. The smallest absolute Gasteiger partial charge is 0.325 e. The molecule has 0 aliphatic heterocycles. The molecule has 1 aliphatic carbocycles. The first-order valence-electron chi connectivity index (χ1n) is 7.15. The van der Waals surface area contributed by atoms with Gasteiger partial charge in [0.25, 0.3) is 0 Å². The van der Waals surface area contributed by atoms with Gasteiger partial charge in [-0.05, 0) is 18.9 Å². The summed E-state index contributed by atoms with van der Waals surface area (Å²) in [6.45, 7) is -0.172. The summed E-state index contributed by atoms with van der Waals surface area (Å²) in [6.07, 6.45) is 2.66. The third kappa shape index (κ3) is 3.05. The number of rotatable bonds is 6. The molecule has 2 N–H and O–H groups in total. The van der Waals surface area contributed by atoms with Crippen LogP contribution in [0.3, 0.4) is 0 Å². The Morgan fingerprint density at radius 2 is 2.09 bits per heavy atom. The SMILES string of the molecule is O=C(O)Cn1cc(CNC(=O)C2(c3ccccc3F)CC2)nn1. The molecule has 1 amide bonds. The molecule has 0 radical (unpaired) electrons. The fourth-order valence-electron chi connectivity index (χ4n) is 2.57. The van der Waals surface area contributed by atoms with E-state index in [1.165, 1.54) is 16.9 Å². The topological polar surface area (TPSA) is 97.1 Å². The quantitative estimate of drug-likeness (QED) is 0.823. The van der Waals surface area contributed by atoms with E-state index in [0.29, 0.717) is 24.1 Å². The Kier molecular flexibility index (Phi) is 3.81. The van der Waals surface area contributed by atoms with Crippen LogP contribution >= 0.6 is 0 Å². The van der Waals surface area contributed by atoms with Crippen molar-refractivity contribution < 1.29 is 19.1 Å². The fourth-order valence-corrected chi connectivity index (χ4v) is 2.57. The summed E-state index contributed by atoms with van der Waals surface area (Å²) in [5, 5.41) is 18.8. The van der Waals surface area contributed by atoms with Gasteiger partial charge in [-0.3, -0.25) is 9.59 Å². The van der Waals surface area contributed by atoms with Gasteiger partial charge in [-0.1, -0.05) is 23.4 Å². The molecule has 23 heavy (non-hydrogen) atoms. The summed E-state index contributed by atoms with van der Waals surface area (Å²) < 4.78 is 15.1. The molecule has 0 spiro atoms. The van der Waals surface area contributed by atoms with Crippen LogP contribution in [0.1, 0.15) is 24.1 Å². The number of carbonyl (C=O) groups is 2. The van der Waals surface area contributed by atoms with Gasteiger partial charge in [0.1, 0.15) is 18.1 Å². The molecule has 1 heterocycles. The minimum atomic E-state index is -1.03. The van der Waals surface area contributed by atoms with Crippen LogP contribution in [-0.4, -0.2) is 32.0 Å². The molecule has 120 valence electrons. The van der Waals surface area contributed by atoms with Gasteiger partial charge in [0, 0.05) is 5.56 Å². The number of carboxylic acids is 1. The van der Waals surface area contributed by atoms with Gasteiger partial charge in [-0.2, -0.15) is 0 Å². The van der Waals surface area contributed by atoms with Crippen LogP contribution in [0.5, 0.6) is 0 Å². The van der Waals surface area contributed by atoms with Crippen LogP contribution in [-0.2, 0) is 28.1 Å². The summed E-state index contributed by atoms with van der Waals surface area (Å²) in [7, 11) is 0. The Balaban J connectivity index is 1.65. The number of hydrogen-bond acceptors (Lipinski definition) is 4. The number of carboxylic acid groups (broad SMARTS) is 1. The van der Waals surface area contributed by atoms with Crippen molar-refractivity contribution in [2.75, 3.05) is 0 Å². The highest BCUT2D eigenvalue weighted by atomic mass is 19.1. The lowest BCUT2D eigenvalue weighted by Crippen LogP contribution is -2.35. The number of hydrogen-bond donors (Lipinski definition) is 2. The molecule has 8 heteroatoms. The Hall–Kier alpha value is -2.77. The minimum absolute atomic E-state index is 0.120.